The predicted molar refractivity (Wildman–Crippen MR) is 80.9 cm³/mol. The van der Waals surface area contributed by atoms with Crippen molar-refractivity contribution in [2.75, 3.05) is 11.9 Å². The van der Waals surface area contributed by atoms with E-state index < -0.39 is 0 Å². The maximum Gasteiger partial charge on any atom is 0.293 e. The van der Waals surface area contributed by atoms with E-state index in [0.717, 1.165) is 22.5 Å². The molecule has 0 heterocycles. The maximum atomic E-state index is 11.0. The fraction of sp³-hybridized carbons (Fsp3) is 0.538. The summed E-state index contributed by atoms with van der Waals surface area (Å²) in [4.78, 5) is 10.6. The molecule has 0 saturated heterocycles. The molecule has 0 atom stereocenters. The van der Waals surface area contributed by atoms with Crippen LogP contribution in [0, 0.1) is 19.6 Å². The van der Waals surface area contributed by atoms with E-state index in [9.17, 15) is 10.1 Å². The molecule has 0 spiro atoms. The van der Waals surface area contributed by atoms with Crippen LogP contribution in [0.1, 0.15) is 32.1 Å². The van der Waals surface area contributed by atoms with Crippen molar-refractivity contribution in [2.45, 2.75) is 32.1 Å². The minimum atomic E-state index is -0.319. The summed E-state index contributed by atoms with van der Waals surface area (Å²) in [6.45, 7) is 0.825. The Labute approximate surface area is 120 Å². The van der Waals surface area contributed by atoms with E-state index in [4.69, 9.17) is 0 Å². The third kappa shape index (κ3) is 3.57. The molecule has 1 aromatic carbocycles. The van der Waals surface area contributed by atoms with Crippen molar-refractivity contribution in [3.05, 3.63) is 31.9 Å². The lowest BCUT2D eigenvalue weighted by molar-refractivity contribution is -0.384. The van der Waals surface area contributed by atoms with E-state index in [2.05, 4.69) is 27.9 Å². The Bertz CT molecular complexity index is 431. The molecule has 2 rings (SSSR count). The molecule has 1 aromatic rings. The van der Waals surface area contributed by atoms with Gasteiger partial charge in [-0.25, -0.2) is 0 Å². The van der Waals surface area contributed by atoms with Crippen LogP contribution in [0.25, 0.3) is 0 Å². The lowest BCUT2D eigenvalue weighted by atomic mass is 10.0. The highest BCUT2D eigenvalue weighted by Crippen LogP contribution is 2.29. The van der Waals surface area contributed by atoms with Crippen LogP contribution >= 0.6 is 22.6 Å². The molecule has 0 radical (unpaired) electrons. The minimum absolute atomic E-state index is 0.174. The van der Waals surface area contributed by atoms with Crippen LogP contribution in [0.15, 0.2) is 18.2 Å². The molecule has 0 amide bonds. The van der Waals surface area contributed by atoms with Crippen molar-refractivity contribution in [2.24, 2.45) is 5.92 Å². The van der Waals surface area contributed by atoms with Crippen LogP contribution in [-0.4, -0.2) is 11.5 Å². The SMILES string of the molecule is O=[N+]([O-])c1cc(I)ccc1NCCC1CCCC1. The second-order valence-corrected chi connectivity index (χ2v) is 6.03. The van der Waals surface area contributed by atoms with Crippen molar-refractivity contribution in [1.29, 1.82) is 0 Å². The zero-order valence-corrected chi connectivity index (χ0v) is 12.4. The first-order valence-electron chi connectivity index (χ1n) is 6.34. The molecule has 0 unspecified atom stereocenters. The van der Waals surface area contributed by atoms with Gasteiger partial charge in [-0.3, -0.25) is 10.1 Å². The number of hydrogen-bond donors (Lipinski definition) is 1. The van der Waals surface area contributed by atoms with Crippen molar-refractivity contribution >= 4 is 34.0 Å². The van der Waals surface area contributed by atoms with Gasteiger partial charge in [0, 0.05) is 16.2 Å². The summed E-state index contributed by atoms with van der Waals surface area (Å²) in [5.41, 5.74) is 0.812. The van der Waals surface area contributed by atoms with Crippen molar-refractivity contribution in [3.63, 3.8) is 0 Å². The van der Waals surface area contributed by atoms with Gasteiger partial charge in [-0.2, -0.15) is 0 Å². The molecule has 1 fully saturated rings. The van der Waals surface area contributed by atoms with Gasteiger partial charge in [-0.05, 0) is 47.1 Å². The number of nitrogens with zero attached hydrogens (tertiary/aromatic N) is 1. The molecule has 98 valence electrons. The lowest BCUT2D eigenvalue weighted by Crippen LogP contribution is -2.08. The third-order valence-corrected chi connectivity index (χ3v) is 4.17. The zero-order chi connectivity index (χ0) is 13.0. The van der Waals surface area contributed by atoms with Crippen LogP contribution < -0.4 is 5.32 Å². The van der Waals surface area contributed by atoms with Gasteiger partial charge in [0.25, 0.3) is 5.69 Å². The van der Waals surface area contributed by atoms with Crippen molar-refractivity contribution in [1.82, 2.24) is 0 Å². The van der Waals surface area contributed by atoms with Gasteiger partial charge in [0.05, 0.1) is 4.92 Å². The van der Waals surface area contributed by atoms with E-state index in [1.54, 1.807) is 12.1 Å². The molecule has 1 aliphatic carbocycles. The first kappa shape index (κ1) is 13.6. The molecule has 0 bridgehead atoms. The van der Waals surface area contributed by atoms with Gasteiger partial charge in [-0.1, -0.05) is 25.7 Å². The van der Waals surface area contributed by atoms with Crippen molar-refractivity contribution in [3.8, 4) is 0 Å². The molecule has 5 heteroatoms. The standard InChI is InChI=1S/C13H17IN2O2/c14-11-5-6-12(13(9-11)16(17)18)15-8-7-10-3-1-2-4-10/h5-6,9-10,15H,1-4,7-8H2. The number of rotatable bonds is 5. The summed E-state index contributed by atoms with van der Waals surface area (Å²) in [7, 11) is 0. The number of nitro groups is 1. The van der Waals surface area contributed by atoms with Gasteiger partial charge in [0.15, 0.2) is 0 Å². The second-order valence-electron chi connectivity index (χ2n) is 4.78. The molecular formula is C13H17IN2O2. The summed E-state index contributed by atoms with van der Waals surface area (Å²) in [5.74, 6) is 0.806. The smallest absolute Gasteiger partial charge is 0.293 e. The summed E-state index contributed by atoms with van der Waals surface area (Å²) >= 11 is 2.09. The summed E-state index contributed by atoms with van der Waals surface area (Å²) in [6.07, 6.45) is 6.43. The lowest BCUT2D eigenvalue weighted by Gasteiger charge is -2.11. The van der Waals surface area contributed by atoms with E-state index in [1.165, 1.54) is 25.7 Å². The Morgan fingerprint density at radius 2 is 2.11 bits per heavy atom. The molecule has 1 N–H and O–H groups in total. The number of hydrogen-bond acceptors (Lipinski definition) is 3. The van der Waals surface area contributed by atoms with Gasteiger partial charge in [-0.15, -0.1) is 0 Å². The Balaban J connectivity index is 1.93. The van der Waals surface area contributed by atoms with E-state index in [1.807, 2.05) is 6.07 Å². The second kappa shape index (κ2) is 6.36. The van der Waals surface area contributed by atoms with E-state index >= 15 is 0 Å². The summed E-state index contributed by atoms with van der Waals surface area (Å²) < 4.78 is 0.889. The van der Waals surface area contributed by atoms with Gasteiger partial charge in [0.2, 0.25) is 0 Å². The quantitative estimate of drug-likeness (QED) is 0.487. The molecule has 0 aromatic heterocycles. The Morgan fingerprint density at radius 1 is 1.39 bits per heavy atom. The predicted octanol–water partition coefficient (Wildman–Crippen LogP) is 4.19. The van der Waals surface area contributed by atoms with Gasteiger partial charge < -0.3 is 5.32 Å². The number of anilines is 1. The van der Waals surface area contributed by atoms with Crippen LogP contribution in [0.5, 0.6) is 0 Å². The van der Waals surface area contributed by atoms with Crippen LogP contribution in [0.3, 0.4) is 0 Å². The Morgan fingerprint density at radius 3 is 2.78 bits per heavy atom. The number of benzene rings is 1. The molecular weight excluding hydrogens is 343 g/mol. The van der Waals surface area contributed by atoms with Gasteiger partial charge in [0.1, 0.15) is 5.69 Å². The molecule has 0 aliphatic heterocycles. The highest BCUT2D eigenvalue weighted by atomic mass is 127. The molecule has 1 aliphatic rings. The van der Waals surface area contributed by atoms with Gasteiger partial charge >= 0.3 is 0 Å². The van der Waals surface area contributed by atoms with Crippen LogP contribution in [0.2, 0.25) is 0 Å². The largest absolute Gasteiger partial charge is 0.379 e. The van der Waals surface area contributed by atoms with Crippen LogP contribution in [-0.2, 0) is 0 Å². The topological polar surface area (TPSA) is 55.2 Å². The van der Waals surface area contributed by atoms with Crippen LogP contribution in [0.4, 0.5) is 11.4 Å². The molecule has 18 heavy (non-hydrogen) atoms. The zero-order valence-electron chi connectivity index (χ0n) is 10.2. The average molecular weight is 360 g/mol. The number of halogens is 1. The molecule has 4 nitrogen and oxygen atoms in total. The number of nitro benzene ring substituents is 1. The van der Waals surface area contributed by atoms with E-state index in [-0.39, 0.29) is 10.6 Å². The summed E-state index contributed by atoms with van der Waals surface area (Å²) in [5, 5.41) is 14.2. The third-order valence-electron chi connectivity index (χ3n) is 3.50. The Kier molecular flexibility index (Phi) is 4.79. The highest BCUT2D eigenvalue weighted by Gasteiger charge is 2.16. The maximum absolute atomic E-state index is 11.0. The summed E-state index contributed by atoms with van der Waals surface area (Å²) in [6, 6.07) is 5.30. The first-order chi connectivity index (χ1) is 8.66. The van der Waals surface area contributed by atoms with E-state index in [0.29, 0.717) is 5.69 Å². The molecule has 1 saturated carbocycles. The fourth-order valence-corrected chi connectivity index (χ4v) is 2.99. The first-order valence-corrected chi connectivity index (χ1v) is 7.42. The number of nitrogens with one attached hydrogen (secondary N) is 1. The monoisotopic (exact) mass is 360 g/mol. The minimum Gasteiger partial charge on any atom is -0.379 e. The normalized spacial score (nSPS) is 15.8. The highest BCUT2D eigenvalue weighted by molar-refractivity contribution is 14.1. The Hall–Kier alpha value is -0.850. The van der Waals surface area contributed by atoms with Crippen molar-refractivity contribution < 1.29 is 4.92 Å². The average Bonchev–Trinajstić information content (AvgIpc) is 2.84. The fourth-order valence-electron chi connectivity index (χ4n) is 2.52.